The van der Waals surface area contributed by atoms with E-state index < -0.39 is 0 Å². The van der Waals surface area contributed by atoms with Gasteiger partial charge in [-0.3, -0.25) is 0 Å². The zero-order chi connectivity index (χ0) is 13.1. The zero-order valence-corrected chi connectivity index (χ0v) is 11.5. The van der Waals surface area contributed by atoms with Gasteiger partial charge in [0.25, 0.3) is 0 Å². The average Bonchev–Trinajstić information content (AvgIpc) is 2.26. The molecule has 16 heavy (non-hydrogen) atoms. The van der Waals surface area contributed by atoms with Crippen LogP contribution in [-0.2, 0) is 0 Å². The van der Waals surface area contributed by atoms with E-state index in [0.29, 0.717) is 5.56 Å². The van der Waals surface area contributed by atoms with Crippen LogP contribution in [0.3, 0.4) is 0 Å². The molecule has 0 bridgehead atoms. The molecule has 0 radical (unpaired) electrons. The Hall–Kier alpha value is -1.11. The van der Waals surface area contributed by atoms with Gasteiger partial charge in [0.2, 0.25) is 0 Å². The Morgan fingerprint density at radius 1 is 1.25 bits per heavy atom. The predicted octanol–water partition coefficient (Wildman–Crippen LogP) is 5.61. The Morgan fingerprint density at radius 2 is 1.69 bits per heavy atom. The van der Waals surface area contributed by atoms with Gasteiger partial charge >= 0.3 is 0 Å². The molecule has 0 aromatic heterocycles. The first-order valence-electron chi connectivity index (χ1n) is 5.94. The lowest BCUT2D eigenvalue weighted by atomic mass is 10.1. The summed E-state index contributed by atoms with van der Waals surface area (Å²) in [5, 5.41) is 0. The van der Waals surface area contributed by atoms with Gasteiger partial charge in [-0.15, -0.1) is 0 Å². The number of halogens is 1. The molecule has 0 aliphatic heterocycles. The lowest BCUT2D eigenvalue weighted by molar-refractivity contribution is 0.618. The Bertz CT molecular complexity index is 300. The van der Waals surface area contributed by atoms with Crippen LogP contribution in [0.4, 0.5) is 4.39 Å². The van der Waals surface area contributed by atoms with Crippen LogP contribution in [0.15, 0.2) is 24.8 Å². The van der Waals surface area contributed by atoms with Gasteiger partial charge in [-0.2, -0.15) is 0 Å². The molecular formula is C15H25F. The van der Waals surface area contributed by atoms with Gasteiger partial charge in [0, 0.05) is 0 Å². The summed E-state index contributed by atoms with van der Waals surface area (Å²) in [6, 6.07) is 5.15. The summed E-state index contributed by atoms with van der Waals surface area (Å²) < 4.78 is 12.9. The van der Waals surface area contributed by atoms with Crippen molar-refractivity contribution in [3.05, 3.63) is 41.7 Å². The van der Waals surface area contributed by atoms with Gasteiger partial charge in [0.05, 0.1) is 0 Å². The summed E-state index contributed by atoms with van der Waals surface area (Å²) in [6.45, 7) is 15.6. The Labute approximate surface area is 100 Å². The summed E-state index contributed by atoms with van der Waals surface area (Å²) in [5.74, 6) is -0.162. The van der Waals surface area contributed by atoms with Gasteiger partial charge < -0.3 is 0 Å². The highest BCUT2D eigenvalue weighted by Gasteiger charge is 1.98. The number of rotatable bonds is 1. The largest absolute Gasteiger partial charge is 0.207 e. The van der Waals surface area contributed by atoms with Crippen LogP contribution in [0.2, 0.25) is 0 Å². The minimum atomic E-state index is -0.162. The maximum absolute atomic E-state index is 12.9. The summed E-state index contributed by atoms with van der Waals surface area (Å²) in [6.07, 6.45) is 1.25. The van der Waals surface area contributed by atoms with Crippen molar-refractivity contribution in [3.8, 4) is 0 Å². The van der Waals surface area contributed by atoms with Crippen molar-refractivity contribution in [2.45, 2.75) is 48.0 Å². The smallest absolute Gasteiger partial charge is 0.126 e. The molecule has 0 heterocycles. The summed E-state index contributed by atoms with van der Waals surface area (Å²) in [7, 11) is 0. The maximum Gasteiger partial charge on any atom is 0.126 e. The fraction of sp³-hybridized carbons (Fsp3) is 0.467. The van der Waals surface area contributed by atoms with Crippen molar-refractivity contribution in [1.82, 2.24) is 0 Å². The molecule has 0 saturated heterocycles. The van der Waals surface area contributed by atoms with E-state index in [1.165, 1.54) is 12.5 Å². The maximum atomic E-state index is 12.9. The first kappa shape index (κ1) is 17.3. The van der Waals surface area contributed by atoms with Crippen molar-refractivity contribution < 1.29 is 4.39 Å². The SMILES string of the molecule is C=C(C)c1ccc(C)c(F)c1.CC.CCC. The number of allylic oxidation sites excluding steroid dienone is 1. The summed E-state index contributed by atoms with van der Waals surface area (Å²) in [4.78, 5) is 0. The molecule has 0 N–H and O–H groups in total. The van der Waals surface area contributed by atoms with E-state index in [0.717, 1.165) is 11.1 Å². The second-order valence-electron chi connectivity index (χ2n) is 3.45. The van der Waals surface area contributed by atoms with E-state index >= 15 is 0 Å². The van der Waals surface area contributed by atoms with Crippen LogP contribution in [0.5, 0.6) is 0 Å². The Morgan fingerprint density at radius 3 is 2.00 bits per heavy atom. The van der Waals surface area contributed by atoms with Gasteiger partial charge in [-0.05, 0) is 31.0 Å². The third kappa shape index (κ3) is 7.22. The molecule has 0 aliphatic carbocycles. The highest BCUT2D eigenvalue weighted by atomic mass is 19.1. The third-order valence-electron chi connectivity index (χ3n) is 1.66. The molecule has 92 valence electrons. The zero-order valence-electron chi connectivity index (χ0n) is 11.5. The van der Waals surface area contributed by atoms with E-state index in [1.807, 2.05) is 26.8 Å². The summed E-state index contributed by atoms with van der Waals surface area (Å²) in [5.41, 5.74) is 2.44. The Kier molecular flexibility index (Phi) is 11.2. The van der Waals surface area contributed by atoms with Gasteiger partial charge in [-0.1, -0.05) is 58.4 Å². The number of hydrogen-bond acceptors (Lipinski definition) is 0. The molecule has 1 rings (SSSR count). The topological polar surface area (TPSA) is 0 Å². The molecule has 0 aliphatic rings. The predicted molar refractivity (Wildman–Crippen MR) is 73.2 cm³/mol. The monoisotopic (exact) mass is 224 g/mol. The Balaban J connectivity index is 0. The molecule has 0 nitrogen and oxygen atoms in total. The normalized spacial score (nSPS) is 8.19. The lowest BCUT2D eigenvalue weighted by Gasteiger charge is -2.00. The second kappa shape index (κ2) is 10.4. The van der Waals surface area contributed by atoms with E-state index in [1.54, 1.807) is 13.0 Å². The van der Waals surface area contributed by atoms with Crippen molar-refractivity contribution in [2.75, 3.05) is 0 Å². The van der Waals surface area contributed by atoms with Crippen LogP contribution in [-0.4, -0.2) is 0 Å². The van der Waals surface area contributed by atoms with E-state index in [9.17, 15) is 4.39 Å². The fourth-order valence-corrected chi connectivity index (χ4v) is 0.858. The van der Waals surface area contributed by atoms with Crippen molar-refractivity contribution in [1.29, 1.82) is 0 Å². The van der Waals surface area contributed by atoms with Gasteiger partial charge in [0.15, 0.2) is 0 Å². The lowest BCUT2D eigenvalue weighted by Crippen LogP contribution is -1.84. The quantitative estimate of drug-likeness (QED) is 0.581. The van der Waals surface area contributed by atoms with Crippen LogP contribution < -0.4 is 0 Å². The molecule has 0 fully saturated rings. The average molecular weight is 224 g/mol. The minimum Gasteiger partial charge on any atom is -0.207 e. The van der Waals surface area contributed by atoms with Crippen LogP contribution in [0.25, 0.3) is 5.57 Å². The fourth-order valence-electron chi connectivity index (χ4n) is 0.858. The van der Waals surface area contributed by atoms with Crippen LogP contribution in [0.1, 0.15) is 52.2 Å². The first-order valence-corrected chi connectivity index (χ1v) is 5.94. The van der Waals surface area contributed by atoms with Gasteiger partial charge in [-0.25, -0.2) is 4.39 Å². The number of aryl methyl sites for hydroxylation is 1. The highest BCUT2D eigenvalue weighted by molar-refractivity contribution is 5.61. The van der Waals surface area contributed by atoms with E-state index in [2.05, 4.69) is 20.4 Å². The molecule has 1 aromatic carbocycles. The van der Waals surface area contributed by atoms with Crippen molar-refractivity contribution >= 4 is 5.57 Å². The molecular weight excluding hydrogens is 199 g/mol. The number of hydrogen-bond donors (Lipinski definition) is 0. The second-order valence-corrected chi connectivity index (χ2v) is 3.45. The molecule has 0 unspecified atom stereocenters. The molecule has 0 saturated carbocycles. The standard InChI is InChI=1S/C10H11F.C3H8.C2H6/c1-7(2)9-5-4-8(3)10(11)6-9;1-3-2;1-2/h4-6H,1H2,2-3H3;3H2,1-2H3;1-2H3. The molecule has 0 atom stereocenters. The molecule has 0 spiro atoms. The van der Waals surface area contributed by atoms with Crippen LogP contribution in [0, 0.1) is 12.7 Å². The van der Waals surface area contributed by atoms with Crippen LogP contribution >= 0.6 is 0 Å². The van der Waals surface area contributed by atoms with Crippen molar-refractivity contribution in [3.63, 3.8) is 0 Å². The van der Waals surface area contributed by atoms with Crippen molar-refractivity contribution in [2.24, 2.45) is 0 Å². The molecule has 0 amide bonds. The molecule has 1 heteroatoms. The molecule has 1 aromatic rings. The van der Waals surface area contributed by atoms with E-state index in [-0.39, 0.29) is 5.82 Å². The first-order chi connectivity index (χ1) is 7.52. The highest BCUT2D eigenvalue weighted by Crippen LogP contribution is 2.14. The summed E-state index contributed by atoms with van der Waals surface area (Å²) >= 11 is 0. The minimum absolute atomic E-state index is 0.162. The number of benzene rings is 1. The van der Waals surface area contributed by atoms with E-state index in [4.69, 9.17) is 0 Å². The third-order valence-corrected chi connectivity index (χ3v) is 1.66. The van der Waals surface area contributed by atoms with Gasteiger partial charge in [0.1, 0.15) is 5.82 Å².